The molecule has 0 amide bonds. The Hall–Kier alpha value is -0.790. The molecule has 0 saturated heterocycles. The van der Waals surface area contributed by atoms with Gasteiger partial charge in [0.05, 0.1) is 0 Å². The second-order valence-corrected chi connectivity index (χ2v) is 5.42. The van der Waals surface area contributed by atoms with E-state index < -0.39 is 0 Å². The van der Waals surface area contributed by atoms with Gasteiger partial charge < -0.3 is 4.74 Å². The molecule has 0 rings (SSSR count). The molecule has 0 N–H and O–H groups in total. The standard InChI is InChI=1S/C17H32O2/c1-4-5-6-7-8-9-10-11-12-13-14-15-16(2)19-17(3)18/h2,4-15H2,1,3H3. The summed E-state index contributed by atoms with van der Waals surface area (Å²) in [4.78, 5) is 10.7. The molecule has 0 bridgehead atoms. The molecular formula is C17H32O2. The zero-order valence-electron chi connectivity index (χ0n) is 13.0. The summed E-state index contributed by atoms with van der Waals surface area (Å²) in [6.07, 6.45) is 15.5. The number of hydrogen-bond acceptors (Lipinski definition) is 2. The van der Waals surface area contributed by atoms with Crippen LogP contribution in [0.1, 0.15) is 90.9 Å². The molecule has 0 aliphatic heterocycles. The first kappa shape index (κ1) is 18.2. The van der Waals surface area contributed by atoms with E-state index in [0.717, 1.165) is 12.8 Å². The maximum atomic E-state index is 10.7. The van der Waals surface area contributed by atoms with Crippen molar-refractivity contribution < 1.29 is 9.53 Å². The quantitative estimate of drug-likeness (QED) is 0.241. The Morgan fingerprint density at radius 1 is 0.842 bits per heavy atom. The van der Waals surface area contributed by atoms with Gasteiger partial charge in [-0.2, -0.15) is 0 Å². The van der Waals surface area contributed by atoms with Crippen molar-refractivity contribution in [2.45, 2.75) is 90.9 Å². The second-order valence-electron chi connectivity index (χ2n) is 5.42. The largest absolute Gasteiger partial charge is 0.432 e. The average Bonchev–Trinajstić information content (AvgIpc) is 2.35. The molecule has 0 aromatic heterocycles. The van der Waals surface area contributed by atoms with Crippen molar-refractivity contribution in [2.24, 2.45) is 0 Å². The summed E-state index contributed by atoms with van der Waals surface area (Å²) in [6, 6.07) is 0. The minimum atomic E-state index is -0.256. The van der Waals surface area contributed by atoms with Crippen LogP contribution in [0.2, 0.25) is 0 Å². The van der Waals surface area contributed by atoms with Crippen LogP contribution in [0.4, 0.5) is 0 Å². The Morgan fingerprint density at radius 3 is 1.68 bits per heavy atom. The molecule has 2 heteroatoms. The Balaban J connectivity index is 3.10. The molecule has 0 saturated carbocycles. The van der Waals surface area contributed by atoms with Gasteiger partial charge in [-0.15, -0.1) is 0 Å². The highest BCUT2D eigenvalue weighted by atomic mass is 16.5. The van der Waals surface area contributed by atoms with E-state index in [4.69, 9.17) is 4.74 Å². The Morgan fingerprint density at radius 2 is 1.26 bits per heavy atom. The fourth-order valence-corrected chi connectivity index (χ4v) is 2.24. The summed E-state index contributed by atoms with van der Waals surface area (Å²) in [5.41, 5.74) is 0. The number of ether oxygens (including phenoxy) is 1. The van der Waals surface area contributed by atoms with E-state index in [1.807, 2.05) is 0 Å². The number of rotatable bonds is 13. The molecule has 112 valence electrons. The van der Waals surface area contributed by atoms with Crippen molar-refractivity contribution in [3.05, 3.63) is 12.3 Å². The summed E-state index contributed by atoms with van der Waals surface area (Å²) in [7, 11) is 0. The molecule has 0 aliphatic rings. The molecule has 0 heterocycles. The van der Waals surface area contributed by atoms with E-state index in [9.17, 15) is 4.79 Å². The van der Waals surface area contributed by atoms with Crippen molar-refractivity contribution in [1.29, 1.82) is 0 Å². The van der Waals surface area contributed by atoms with Gasteiger partial charge in [0, 0.05) is 13.3 Å². The molecule has 0 aromatic rings. The minimum Gasteiger partial charge on any atom is -0.432 e. The molecule has 19 heavy (non-hydrogen) atoms. The third-order valence-electron chi connectivity index (χ3n) is 3.35. The summed E-state index contributed by atoms with van der Waals surface area (Å²) in [5, 5.41) is 0. The van der Waals surface area contributed by atoms with Crippen LogP contribution in [0.15, 0.2) is 12.3 Å². The SMILES string of the molecule is C=C(CCCCCCCCCCCCC)OC(C)=O. The average molecular weight is 268 g/mol. The highest BCUT2D eigenvalue weighted by Gasteiger charge is 1.99. The van der Waals surface area contributed by atoms with Crippen LogP contribution >= 0.6 is 0 Å². The molecule has 0 aliphatic carbocycles. The lowest BCUT2D eigenvalue weighted by Crippen LogP contribution is -1.97. The number of carbonyl (C=O) groups excluding carboxylic acids is 1. The van der Waals surface area contributed by atoms with E-state index >= 15 is 0 Å². The lowest BCUT2D eigenvalue weighted by atomic mass is 10.1. The first-order chi connectivity index (χ1) is 9.16. The first-order valence-corrected chi connectivity index (χ1v) is 8.03. The van der Waals surface area contributed by atoms with E-state index in [2.05, 4.69) is 13.5 Å². The third-order valence-corrected chi connectivity index (χ3v) is 3.35. The number of carbonyl (C=O) groups is 1. The van der Waals surface area contributed by atoms with Gasteiger partial charge in [-0.1, -0.05) is 77.7 Å². The maximum absolute atomic E-state index is 10.7. The maximum Gasteiger partial charge on any atom is 0.307 e. The van der Waals surface area contributed by atoms with Gasteiger partial charge >= 0.3 is 5.97 Å². The van der Waals surface area contributed by atoms with Crippen LogP contribution in [-0.4, -0.2) is 5.97 Å². The topological polar surface area (TPSA) is 26.3 Å². The van der Waals surface area contributed by atoms with Crippen LogP contribution < -0.4 is 0 Å². The van der Waals surface area contributed by atoms with E-state index in [0.29, 0.717) is 5.76 Å². The number of allylic oxidation sites excluding steroid dienone is 1. The zero-order valence-corrected chi connectivity index (χ0v) is 13.0. The van der Waals surface area contributed by atoms with Crippen molar-refractivity contribution in [2.75, 3.05) is 0 Å². The van der Waals surface area contributed by atoms with Crippen molar-refractivity contribution in [3.8, 4) is 0 Å². The van der Waals surface area contributed by atoms with Crippen LogP contribution in [-0.2, 0) is 9.53 Å². The van der Waals surface area contributed by atoms with Crippen molar-refractivity contribution in [3.63, 3.8) is 0 Å². The monoisotopic (exact) mass is 268 g/mol. The summed E-state index contributed by atoms with van der Waals surface area (Å²) < 4.78 is 4.91. The lowest BCUT2D eigenvalue weighted by molar-refractivity contribution is -0.137. The Kier molecular flexibility index (Phi) is 13.1. The molecular weight excluding hydrogens is 236 g/mol. The number of unbranched alkanes of at least 4 members (excludes halogenated alkanes) is 10. The van der Waals surface area contributed by atoms with Gasteiger partial charge in [0.1, 0.15) is 5.76 Å². The summed E-state index contributed by atoms with van der Waals surface area (Å²) >= 11 is 0. The van der Waals surface area contributed by atoms with Gasteiger partial charge in [-0.25, -0.2) is 0 Å². The third kappa shape index (κ3) is 15.2. The Labute approximate surface area is 119 Å². The number of hydrogen-bond donors (Lipinski definition) is 0. The predicted octanol–water partition coefficient (Wildman–Crippen LogP) is 5.76. The Bertz CT molecular complexity index is 233. The normalized spacial score (nSPS) is 10.4. The lowest BCUT2D eigenvalue weighted by Gasteiger charge is -2.05. The first-order valence-electron chi connectivity index (χ1n) is 8.03. The van der Waals surface area contributed by atoms with Gasteiger partial charge in [-0.3, -0.25) is 4.79 Å². The predicted molar refractivity (Wildman–Crippen MR) is 82.0 cm³/mol. The molecule has 0 atom stereocenters. The minimum absolute atomic E-state index is 0.256. The van der Waals surface area contributed by atoms with E-state index in [-0.39, 0.29) is 5.97 Å². The van der Waals surface area contributed by atoms with E-state index in [1.54, 1.807) is 0 Å². The highest BCUT2D eigenvalue weighted by Crippen LogP contribution is 2.13. The van der Waals surface area contributed by atoms with Crippen LogP contribution in [0.5, 0.6) is 0 Å². The fourth-order valence-electron chi connectivity index (χ4n) is 2.24. The summed E-state index contributed by atoms with van der Waals surface area (Å²) in [6.45, 7) is 7.42. The second kappa shape index (κ2) is 13.6. The van der Waals surface area contributed by atoms with Gasteiger partial charge in [0.25, 0.3) is 0 Å². The summed E-state index contributed by atoms with van der Waals surface area (Å²) in [5.74, 6) is 0.358. The van der Waals surface area contributed by atoms with Gasteiger partial charge in [0.2, 0.25) is 0 Å². The van der Waals surface area contributed by atoms with E-state index in [1.165, 1.54) is 71.1 Å². The van der Waals surface area contributed by atoms with Crippen molar-refractivity contribution >= 4 is 5.97 Å². The molecule has 0 fully saturated rings. The number of esters is 1. The highest BCUT2D eigenvalue weighted by molar-refractivity contribution is 5.67. The van der Waals surface area contributed by atoms with Crippen LogP contribution in [0.3, 0.4) is 0 Å². The van der Waals surface area contributed by atoms with Crippen molar-refractivity contribution in [1.82, 2.24) is 0 Å². The van der Waals surface area contributed by atoms with Crippen LogP contribution in [0, 0.1) is 0 Å². The fraction of sp³-hybridized carbons (Fsp3) is 0.824. The molecule has 0 radical (unpaired) electrons. The molecule has 0 unspecified atom stereocenters. The van der Waals surface area contributed by atoms with Gasteiger partial charge in [0.15, 0.2) is 0 Å². The zero-order chi connectivity index (χ0) is 14.3. The smallest absolute Gasteiger partial charge is 0.307 e. The van der Waals surface area contributed by atoms with Gasteiger partial charge in [-0.05, 0) is 6.42 Å². The molecule has 0 spiro atoms. The molecule has 2 nitrogen and oxygen atoms in total. The molecule has 0 aromatic carbocycles. The van der Waals surface area contributed by atoms with Crippen LogP contribution in [0.25, 0.3) is 0 Å².